The number of nitrogens with zero attached hydrogens (tertiary/aromatic N) is 5. The fourth-order valence-electron chi connectivity index (χ4n) is 4.74. The van der Waals surface area contributed by atoms with Crippen LogP contribution in [0.25, 0.3) is 16.7 Å². The van der Waals surface area contributed by atoms with Crippen molar-refractivity contribution in [2.24, 2.45) is 5.41 Å². The Labute approximate surface area is 195 Å². The minimum atomic E-state index is -2.82. The van der Waals surface area contributed by atoms with Crippen molar-refractivity contribution in [1.29, 1.82) is 0 Å². The second-order valence-electron chi connectivity index (χ2n) is 9.14. The summed E-state index contributed by atoms with van der Waals surface area (Å²) in [6.45, 7) is 4.45. The molecule has 0 amide bonds. The number of hydrogen-bond acceptors (Lipinski definition) is 5. The van der Waals surface area contributed by atoms with Crippen molar-refractivity contribution in [1.82, 2.24) is 19.6 Å². The van der Waals surface area contributed by atoms with E-state index in [9.17, 15) is 8.78 Å². The van der Waals surface area contributed by atoms with Gasteiger partial charge in [0, 0.05) is 35.7 Å². The molecule has 1 fully saturated rings. The Morgan fingerprint density at radius 3 is 2.76 bits per heavy atom. The predicted octanol–water partition coefficient (Wildman–Crippen LogP) is 5.04. The molecule has 1 aliphatic heterocycles. The molecule has 2 aliphatic rings. The van der Waals surface area contributed by atoms with Crippen molar-refractivity contribution in [3.8, 4) is 11.8 Å². The fourth-order valence-corrected chi connectivity index (χ4v) is 4.74. The Kier molecular flexibility index (Phi) is 4.61. The maximum atomic E-state index is 14.1. The molecule has 0 radical (unpaired) electrons. The Morgan fingerprint density at radius 1 is 1.15 bits per heavy atom. The van der Waals surface area contributed by atoms with Crippen LogP contribution in [0.3, 0.4) is 0 Å². The van der Waals surface area contributed by atoms with Gasteiger partial charge in [0.15, 0.2) is 0 Å². The standard InChI is InChI=1S/C26H23F2N5O/c1-17-5-3-7-19-22(17)33-16-29-31-24(33)30-23(19)32-13-14-34-15-20-18(6-4-8-21(20)32)9-10-26(11-12-26)25(2,27)28/h3-8,16H,11-15H2,1-2H3. The van der Waals surface area contributed by atoms with Gasteiger partial charge in [-0.3, -0.25) is 4.40 Å². The monoisotopic (exact) mass is 459 g/mol. The number of aryl methyl sites for hydroxylation is 1. The van der Waals surface area contributed by atoms with Crippen LogP contribution in [0.4, 0.5) is 20.3 Å². The van der Waals surface area contributed by atoms with E-state index in [1.807, 2.05) is 34.7 Å². The van der Waals surface area contributed by atoms with Crippen LogP contribution in [0.2, 0.25) is 0 Å². The van der Waals surface area contributed by atoms with E-state index in [0.29, 0.717) is 43.9 Å². The maximum Gasteiger partial charge on any atom is 0.261 e. The summed E-state index contributed by atoms with van der Waals surface area (Å²) in [6, 6.07) is 11.9. The number of benzene rings is 2. The number of alkyl halides is 2. The third-order valence-electron chi connectivity index (χ3n) is 6.89. The molecule has 0 saturated heterocycles. The minimum Gasteiger partial charge on any atom is -0.375 e. The lowest BCUT2D eigenvalue weighted by Gasteiger charge is -2.25. The number of anilines is 2. The third kappa shape index (κ3) is 3.23. The molecule has 0 N–H and O–H groups in total. The first kappa shape index (κ1) is 21.0. The zero-order valence-corrected chi connectivity index (χ0v) is 19.0. The molecule has 172 valence electrons. The van der Waals surface area contributed by atoms with Crippen molar-refractivity contribution in [2.75, 3.05) is 18.1 Å². The van der Waals surface area contributed by atoms with E-state index in [2.05, 4.69) is 39.9 Å². The van der Waals surface area contributed by atoms with Crippen LogP contribution in [0, 0.1) is 24.2 Å². The van der Waals surface area contributed by atoms with Crippen LogP contribution in [0.5, 0.6) is 0 Å². The Hall–Kier alpha value is -3.57. The topological polar surface area (TPSA) is 55.5 Å². The summed E-state index contributed by atoms with van der Waals surface area (Å²) in [5.41, 5.74) is 3.38. The minimum absolute atomic E-state index is 0.357. The third-order valence-corrected chi connectivity index (χ3v) is 6.89. The fraction of sp³-hybridized carbons (Fsp3) is 0.346. The number of fused-ring (bicyclic) bond motifs is 4. The van der Waals surface area contributed by atoms with Crippen LogP contribution in [0.15, 0.2) is 42.7 Å². The van der Waals surface area contributed by atoms with E-state index < -0.39 is 11.3 Å². The van der Waals surface area contributed by atoms with E-state index in [4.69, 9.17) is 9.72 Å². The zero-order valence-electron chi connectivity index (χ0n) is 19.0. The average molecular weight is 460 g/mol. The molecule has 34 heavy (non-hydrogen) atoms. The van der Waals surface area contributed by atoms with Crippen molar-refractivity contribution >= 4 is 28.2 Å². The first-order chi connectivity index (χ1) is 16.4. The summed E-state index contributed by atoms with van der Waals surface area (Å²) >= 11 is 0. The van der Waals surface area contributed by atoms with Crippen molar-refractivity contribution < 1.29 is 13.5 Å². The Balaban J connectivity index is 1.52. The molecule has 1 saturated carbocycles. The lowest BCUT2D eigenvalue weighted by molar-refractivity contribution is -0.0294. The number of para-hydroxylation sites is 1. The molecule has 8 heteroatoms. The van der Waals surface area contributed by atoms with Gasteiger partial charge in [-0.15, -0.1) is 10.2 Å². The highest BCUT2D eigenvalue weighted by molar-refractivity contribution is 5.95. The number of rotatable bonds is 2. The molecule has 0 atom stereocenters. The van der Waals surface area contributed by atoms with Gasteiger partial charge >= 0.3 is 0 Å². The lowest BCUT2D eigenvalue weighted by atomic mass is 9.98. The predicted molar refractivity (Wildman–Crippen MR) is 125 cm³/mol. The molecule has 4 aromatic rings. The lowest BCUT2D eigenvalue weighted by Crippen LogP contribution is -2.24. The number of hydrogen-bond donors (Lipinski definition) is 0. The van der Waals surface area contributed by atoms with Gasteiger partial charge in [-0.25, -0.2) is 8.78 Å². The number of aromatic nitrogens is 4. The van der Waals surface area contributed by atoms with Gasteiger partial charge in [0.2, 0.25) is 0 Å². The van der Waals surface area contributed by atoms with E-state index >= 15 is 0 Å². The summed E-state index contributed by atoms with van der Waals surface area (Å²) in [4.78, 5) is 6.97. The second-order valence-corrected chi connectivity index (χ2v) is 9.14. The quantitative estimate of drug-likeness (QED) is 0.393. The largest absolute Gasteiger partial charge is 0.375 e. The van der Waals surface area contributed by atoms with Crippen LogP contribution in [-0.4, -0.2) is 38.7 Å². The Morgan fingerprint density at radius 2 is 1.97 bits per heavy atom. The zero-order chi connectivity index (χ0) is 23.5. The molecule has 0 unspecified atom stereocenters. The molecule has 1 aliphatic carbocycles. The summed E-state index contributed by atoms with van der Waals surface area (Å²) < 4.78 is 36.0. The molecule has 2 aromatic heterocycles. The van der Waals surface area contributed by atoms with Gasteiger partial charge in [0.05, 0.1) is 24.1 Å². The van der Waals surface area contributed by atoms with Crippen molar-refractivity contribution in [3.05, 3.63) is 59.4 Å². The highest BCUT2D eigenvalue weighted by Crippen LogP contribution is 2.56. The van der Waals surface area contributed by atoms with Crippen LogP contribution in [-0.2, 0) is 11.3 Å². The summed E-state index contributed by atoms with van der Waals surface area (Å²) in [7, 11) is 0. The van der Waals surface area contributed by atoms with Gasteiger partial charge in [-0.1, -0.05) is 30.0 Å². The summed E-state index contributed by atoms with van der Waals surface area (Å²) in [6.07, 6.45) is 2.52. The first-order valence-electron chi connectivity index (χ1n) is 11.4. The van der Waals surface area contributed by atoms with Gasteiger partial charge in [-0.2, -0.15) is 4.98 Å². The average Bonchev–Trinajstić information content (AvgIpc) is 3.53. The van der Waals surface area contributed by atoms with Crippen molar-refractivity contribution in [2.45, 2.75) is 39.2 Å². The molecule has 0 bridgehead atoms. The van der Waals surface area contributed by atoms with Gasteiger partial charge < -0.3 is 9.64 Å². The second kappa shape index (κ2) is 7.47. The highest BCUT2D eigenvalue weighted by atomic mass is 19.3. The van der Waals surface area contributed by atoms with Crippen LogP contribution < -0.4 is 4.90 Å². The SMILES string of the molecule is Cc1cccc2c(N3CCOCc4c(C#CC5(C(C)(F)F)CC5)cccc43)nc3nncn3c12. The van der Waals surface area contributed by atoms with E-state index in [1.54, 1.807) is 6.33 Å². The summed E-state index contributed by atoms with van der Waals surface area (Å²) in [5.74, 6) is 4.42. The highest BCUT2D eigenvalue weighted by Gasteiger charge is 2.58. The first-order valence-corrected chi connectivity index (χ1v) is 11.4. The van der Waals surface area contributed by atoms with E-state index in [0.717, 1.165) is 40.5 Å². The molecular weight excluding hydrogens is 436 g/mol. The van der Waals surface area contributed by atoms with Gasteiger partial charge in [-0.05, 0) is 43.5 Å². The van der Waals surface area contributed by atoms with Crippen LogP contribution in [0.1, 0.15) is 36.5 Å². The van der Waals surface area contributed by atoms with Crippen LogP contribution >= 0.6 is 0 Å². The van der Waals surface area contributed by atoms with Crippen molar-refractivity contribution in [3.63, 3.8) is 0 Å². The maximum absolute atomic E-state index is 14.1. The van der Waals surface area contributed by atoms with E-state index in [1.165, 1.54) is 0 Å². The molecule has 6 rings (SSSR count). The Bertz CT molecular complexity index is 1490. The van der Waals surface area contributed by atoms with Gasteiger partial charge in [0.1, 0.15) is 12.1 Å². The number of ether oxygens (including phenoxy) is 1. The molecule has 2 aromatic carbocycles. The molecular formula is C26H23F2N5O. The normalized spacial score (nSPS) is 17.2. The molecule has 6 nitrogen and oxygen atoms in total. The molecule has 0 spiro atoms. The smallest absolute Gasteiger partial charge is 0.261 e. The summed E-state index contributed by atoms with van der Waals surface area (Å²) in [5, 5.41) is 9.23. The molecule has 3 heterocycles. The van der Waals surface area contributed by atoms with Gasteiger partial charge in [0.25, 0.3) is 11.7 Å². The van der Waals surface area contributed by atoms with E-state index in [-0.39, 0.29) is 0 Å². The number of halogens is 2.